The monoisotopic (exact) mass is 186 g/mol. The molecule has 0 amide bonds. The van der Waals surface area contributed by atoms with Gasteiger partial charge in [0.15, 0.2) is 5.78 Å². The van der Waals surface area contributed by atoms with E-state index < -0.39 is 5.60 Å². The summed E-state index contributed by atoms with van der Waals surface area (Å²) in [6.45, 7) is 7.94. The molecule has 78 valence electrons. The average Bonchev–Trinajstić information content (AvgIpc) is 2.16. The summed E-state index contributed by atoms with van der Waals surface area (Å²) in [5.41, 5.74) is -0.575. The lowest BCUT2D eigenvalue weighted by Gasteiger charge is -2.27. The van der Waals surface area contributed by atoms with Crippen LogP contribution in [0.4, 0.5) is 0 Å². The van der Waals surface area contributed by atoms with Crippen molar-refractivity contribution in [3.05, 3.63) is 0 Å². The zero-order chi connectivity index (χ0) is 10.5. The molecule has 0 saturated carbocycles. The predicted octanol–water partition coefficient (Wildman–Crippen LogP) is 2.81. The fourth-order valence-corrected chi connectivity index (χ4v) is 1.50. The van der Waals surface area contributed by atoms with E-state index in [4.69, 9.17) is 4.74 Å². The summed E-state index contributed by atoms with van der Waals surface area (Å²) in [5.74, 6) is 0.356. The van der Waals surface area contributed by atoms with Gasteiger partial charge in [-0.2, -0.15) is 0 Å². The predicted molar refractivity (Wildman–Crippen MR) is 54.8 cm³/mol. The van der Waals surface area contributed by atoms with Gasteiger partial charge in [-0.1, -0.05) is 27.2 Å². The minimum Gasteiger partial charge on any atom is -0.371 e. The molecular formula is C11H22O2. The highest BCUT2D eigenvalue weighted by molar-refractivity contribution is 5.88. The molecule has 2 atom stereocenters. The second-order valence-corrected chi connectivity index (χ2v) is 3.84. The summed E-state index contributed by atoms with van der Waals surface area (Å²) in [4.78, 5) is 11.9. The molecule has 0 aromatic carbocycles. The van der Waals surface area contributed by atoms with Gasteiger partial charge in [-0.05, 0) is 19.8 Å². The number of rotatable bonds is 6. The van der Waals surface area contributed by atoms with Crippen LogP contribution in [-0.4, -0.2) is 18.5 Å². The Balaban J connectivity index is 4.37. The van der Waals surface area contributed by atoms with Crippen LogP contribution in [0.5, 0.6) is 0 Å². The Morgan fingerprint density at radius 1 is 1.46 bits per heavy atom. The number of Topliss-reactive ketones (excluding diaryl/α,β-unsaturated/α-hetero) is 1. The summed E-state index contributed by atoms with van der Waals surface area (Å²) < 4.78 is 5.27. The van der Waals surface area contributed by atoms with Crippen LogP contribution in [0.1, 0.15) is 47.0 Å². The minimum absolute atomic E-state index is 0.120. The molecule has 0 aliphatic carbocycles. The molecule has 2 unspecified atom stereocenters. The van der Waals surface area contributed by atoms with E-state index in [9.17, 15) is 4.79 Å². The van der Waals surface area contributed by atoms with Crippen LogP contribution < -0.4 is 0 Å². The maximum atomic E-state index is 11.9. The van der Waals surface area contributed by atoms with Crippen molar-refractivity contribution < 1.29 is 9.53 Å². The lowest BCUT2D eigenvalue weighted by Crippen LogP contribution is -2.40. The molecule has 0 aliphatic rings. The molecule has 0 fully saturated rings. The maximum Gasteiger partial charge on any atom is 0.167 e. The third-order valence-corrected chi connectivity index (χ3v) is 2.82. The summed E-state index contributed by atoms with van der Waals surface area (Å²) >= 11 is 0. The van der Waals surface area contributed by atoms with E-state index in [-0.39, 0.29) is 11.7 Å². The molecule has 0 bridgehead atoms. The third-order valence-electron chi connectivity index (χ3n) is 2.82. The van der Waals surface area contributed by atoms with Crippen molar-refractivity contribution in [2.24, 2.45) is 5.92 Å². The average molecular weight is 186 g/mol. The van der Waals surface area contributed by atoms with Gasteiger partial charge in [-0.25, -0.2) is 0 Å². The van der Waals surface area contributed by atoms with E-state index in [0.717, 1.165) is 19.3 Å². The first kappa shape index (κ1) is 12.6. The van der Waals surface area contributed by atoms with Crippen LogP contribution in [0.2, 0.25) is 0 Å². The van der Waals surface area contributed by atoms with E-state index >= 15 is 0 Å². The molecule has 0 N–H and O–H groups in total. The van der Waals surface area contributed by atoms with Crippen molar-refractivity contribution in [2.45, 2.75) is 52.6 Å². The van der Waals surface area contributed by atoms with Gasteiger partial charge >= 0.3 is 0 Å². The first-order valence-corrected chi connectivity index (χ1v) is 5.11. The molecule has 0 spiro atoms. The van der Waals surface area contributed by atoms with Crippen molar-refractivity contribution >= 4 is 5.78 Å². The molecular weight excluding hydrogens is 164 g/mol. The van der Waals surface area contributed by atoms with E-state index in [0.29, 0.717) is 0 Å². The van der Waals surface area contributed by atoms with Gasteiger partial charge in [-0.15, -0.1) is 0 Å². The maximum absolute atomic E-state index is 11.9. The highest BCUT2D eigenvalue weighted by atomic mass is 16.5. The van der Waals surface area contributed by atoms with Gasteiger partial charge in [0.05, 0.1) is 0 Å². The number of carbonyl (C=O) groups is 1. The molecule has 13 heavy (non-hydrogen) atoms. The topological polar surface area (TPSA) is 26.3 Å². The van der Waals surface area contributed by atoms with Crippen molar-refractivity contribution in [2.75, 3.05) is 7.11 Å². The van der Waals surface area contributed by atoms with Gasteiger partial charge in [0.25, 0.3) is 0 Å². The van der Waals surface area contributed by atoms with Crippen molar-refractivity contribution in [1.82, 2.24) is 0 Å². The highest BCUT2D eigenvalue weighted by Gasteiger charge is 2.33. The van der Waals surface area contributed by atoms with Crippen LogP contribution in [0, 0.1) is 5.92 Å². The SMILES string of the molecule is CCCC(C)C(=O)C(C)(CC)OC. The standard InChI is InChI=1S/C11H22O2/c1-6-8-9(3)10(12)11(4,7-2)13-5/h9H,6-8H2,1-5H3. The molecule has 0 aromatic heterocycles. The van der Waals surface area contributed by atoms with Crippen LogP contribution >= 0.6 is 0 Å². The van der Waals surface area contributed by atoms with E-state index in [2.05, 4.69) is 6.92 Å². The first-order chi connectivity index (χ1) is 6.01. The smallest absolute Gasteiger partial charge is 0.167 e. The Kier molecular flexibility index (Phi) is 5.23. The number of hydrogen-bond donors (Lipinski definition) is 0. The Morgan fingerprint density at radius 3 is 2.31 bits per heavy atom. The van der Waals surface area contributed by atoms with E-state index in [1.54, 1.807) is 7.11 Å². The Morgan fingerprint density at radius 2 is 2.00 bits per heavy atom. The van der Waals surface area contributed by atoms with E-state index in [1.807, 2.05) is 20.8 Å². The molecule has 0 saturated heterocycles. The summed E-state index contributed by atoms with van der Waals surface area (Å²) in [6.07, 6.45) is 2.75. The Labute approximate surface area is 81.7 Å². The summed E-state index contributed by atoms with van der Waals surface area (Å²) in [6, 6.07) is 0. The van der Waals surface area contributed by atoms with Gasteiger partial charge < -0.3 is 4.74 Å². The zero-order valence-corrected chi connectivity index (χ0v) is 9.52. The number of ketones is 1. The minimum atomic E-state index is -0.575. The second-order valence-electron chi connectivity index (χ2n) is 3.84. The zero-order valence-electron chi connectivity index (χ0n) is 9.52. The molecule has 2 nitrogen and oxygen atoms in total. The Hall–Kier alpha value is -0.370. The highest BCUT2D eigenvalue weighted by Crippen LogP contribution is 2.22. The van der Waals surface area contributed by atoms with Gasteiger partial charge in [-0.3, -0.25) is 4.79 Å². The lowest BCUT2D eigenvalue weighted by molar-refractivity contribution is -0.143. The van der Waals surface area contributed by atoms with Crippen LogP contribution in [-0.2, 0) is 9.53 Å². The fraction of sp³-hybridized carbons (Fsp3) is 0.909. The second kappa shape index (κ2) is 5.38. The molecule has 2 heteroatoms. The molecule has 0 rings (SSSR count). The van der Waals surface area contributed by atoms with Gasteiger partial charge in [0, 0.05) is 13.0 Å². The lowest BCUT2D eigenvalue weighted by atomic mass is 9.87. The van der Waals surface area contributed by atoms with Crippen molar-refractivity contribution in [1.29, 1.82) is 0 Å². The van der Waals surface area contributed by atoms with Gasteiger partial charge in [0.2, 0.25) is 0 Å². The van der Waals surface area contributed by atoms with Gasteiger partial charge in [0.1, 0.15) is 5.60 Å². The summed E-state index contributed by atoms with van der Waals surface area (Å²) in [7, 11) is 1.61. The largest absolute Gasteiger partial charge is 0.371 e. The number of ether oxygens (including phenoxy) is 1. The normalized spacial score (nSPS) is 17.9. The number of methoxy groups -OCH3 is 1. The van der Waals surface area contributed by atoms with Crippen molar-refractivity contribution in [3.63, 3.8) is 0 Å². The first-order valence-electron chi connectivity index (χ1n) is 5.11. The summed E-state index contributed by atoms with van der Waals surface area (Å²) in [5, 5.41) is 0. The van der Waals surface area contributed by atoms with Crippen LogP contribution in [0.15, 0.2) is 0 Å². The number of carbonyl (C=O) groups excluding carboxylic acids is 1. The van der Waals surface area contributed by atoms with E-state index in [1.165, 1.54) is 0 Å². The van der Waals surface area contributed by atoms with Crippen molar-refractivity contribution in [3.8, 4) is 0 Å². The Bertz CT molecular complexity index is 159. The molecule has 0 aromatic rings. The third kappa shape index (κ3) is 3.11. The molecule has 0 heterocycles. The number of hydrogen-bond acceptors (Lipinski definition) is 2. The fourth-order valence-electron chi connectivity index (χ4n) is 1.50. The molecule has 0 aliphatic heterocycles. The molecule has 0 radical (unpaired) electrons. The van der Waals surface area contributed by atoms with Crippen LogP contribution in [0.3, 0.4) is 0 Å². The quantitative estimate of drug-likeness (QED) is 0.637. The van der Waals surface area contributed by atoms with Crippen LogP contribution in [0.25, 0.3) is 0 Å².